The molecule has 0 heterocycles. The summed E-state index contributed by atoms with van der Waals surface area (Å²) >= 11 is 5.96. The van der Waals surface area contributed by atoms with E-state index in [4.69, 9.17) is 16.3 Å². The molecule has 0 bridgehead atoms. The molecule has 0 aromatic heterocycles. The number of hydrogen-bond acceptors (Lipinski definition) is 4. The number of sulfonamides is 1. The lowest BCUT2D eigenvalue weighted by Crippen LogP contribution is -2.41. The van der Waals surface area contributed by atoms with Crippen LogP contribution in [0.25, 0.3) is 0 Å². The van der Waals surface area contributed by atoms with Gasteiger partial charge in [0.05, 0.1) is 23.2 Å². The van der Waals surface area contributed by atoms with Gasteiger partial charge in [0.15, 0.2) is 0 Å². The number of carbonyl (C=O) groups excluding carboxylic acids is 1. The number of anilines is 1. The summed E-state index contributed by atoms with van der Waals surface area (Å²) in [6.07, 6.45) is 4.53. The van der Waals surface area contributed by atoms with Crippen molar-refractivity contribution in [2.75, 3.05) is 17.5 Å². The number of hydrogen-bond donors (Lipinski definition) is 1. The van der Waals surface area contributed by atoms with Crippen LogP contribution in [0, 0.1) is 0 Å². The van der Waals surface area contributed by atoms with Gasteiger partial charge in [-0.25, -0.2) is 8.42 Å². The first kappa shape index (κ1) is 26.0. The number of benzene rings is 3. The molecule has 0 radical (unpaired) electrons. The lowest BCUT2D eigenvalue weighted by Gasteiger charge is -2.26. The maximum absolute atomic E-state index is 13.6. The quantitative estimate of drug-likeness (QED) is 0.388. The minimum absolute atomic E-state index is 0.0521. The molecule has 3 aromatic carbocycles. The Kier molecular flexibility index (Phi) is 8.21. The van der Waals surface area contributed by atoms with Gasteiger partial charge < -0.3 is 10.1 Å². The van der Waals surface area contributed by atoms with Crippen molar-refractivity contribution in [2.45, 2.75) is 50.5 Å². The van der Waals surface area contributed by atoms with E-state index in [1.807, 2.05) is 19.9 Å². The molecule has 1 N–H and O–H groups in total. The standard InChI is InChI=1S/C28H31ClN2O4S/c1-3-35-26-14-12-25(13-15-26)31(36(33,34)27-16-10-24(29)11-17-27)19-28(32)30-20(2)22-9-8-21-6-4-5-7-23(21)18-22/h8-18,20H,3-7,19H2,1-2H3,(H,30,32)/t20-/m1/s1. The molecule has 0 fully saturated rings. The van der Waals surface area contributed by atoms with Crippen LogP contribution in [0.4, 0.5) is 5.69 Å². The molecule has 8 heteroatoms. The lowest BCUT2D eigenvalue weighted by atomic mass is 9.89. The Morgan fingerprint density at radius 3 is 2.33 bits per heavy atom. The second-order valence-corrected chi connectivity index (χ2v) is 11.2. The highest BCUT2D eigenvalue weighted by Gasteiger charge is 2.28. The number of fused-ring (bicyclic) bond motifs is 1. The number of nitrogens with one attached hydrogen (secondary N) is 1. The third-order valence-electron chi connectivity index (χ3n) is 6.37. The summed E-state index contributed by atoms with van der Waals surface area (Å²) in [4.78, 5) is 13.2. The van der Waals surface area contributed by atoms with Gasteiger partial charge in [-0.3, -0.25) is 9.10 Å². The zero-order valence-electron chi connectivity index (χ0n) is 20.5. The van der Waals surface area contributed by atoms with Gasteiger partial charge in [-0.15, -0.1) is 0 Å². The van der Waals surface area contributed by atoms with Crippen LogP contribution in [0.2, 0.25) is 5.02 Å². The Morgan fingerprint density at radius 1 is 1.00 bits per heavy atom. The minimum atomic E-state index is -4.03. The van der Waals surface area contributed by atoms with Crippen molar-refractivity contribution < 1.29 is 17.9 Å². The molecule has 0 aliphatic heterocycles. The van der Waals surface area contributed by atoms with Gasteiger partial charge in [0.1, 0.15) is 12.3 Å². The van der Waals surface area contributed by atoms with Gasteiger partial charge in [0.2, 0.25) is 5.91 Å². The van der Waals surface area contributed by atoms with E-state index in [0.717, 1.165) is 22.7 Å². The fraction of sp³-hybridized carbons (Fsp3) is 0.321. The summed E-state index contributed by atoms with van der Waals surface area (Å²) in [5, 5.41) is 3.41. The zero-order chi connectivity index (χ0) is 25.7. The van der Waals surface area contributed by atoms with Gasteiger partial charge in [0, 0.05) is 5.02 Å². The van der Waals surface area contributed by atoms with Gasteiger partial charge in [-0.05, 0) is 105 Å². The molecule has 6 nitrogen and oxygen atoms in total. The molecule has 1 aliphatic rings. The van der Waals surface area contributed by atoms with E-state index in [1.54, 1.807) is 24.3 Å². The maximum Gasteiger partial charge on any atom is 0.264 e. The van der Waals surface area contributed by atoms with Crippen molar-refractivity contribution in [3.63, 3.8) is 0 Å². The highest BCUT2D eigenvalue weighted by molar-refractivity contribution is 7.92. The predicted octanol–water partition coefficient (Wildman–Crippen LogP) is 5.69. The molecule has 1 amide bonds. The first-order valence-corrected chi connectivity index (χ1v) is 14.0. The molecule has 1 atom stereocenters. The van der Waals surface area contributed by atoms with Crippen LogP contribution in [-0.2, 0) is 27.7 Å². The molecule has 3 aromatic rings. The van der Waals surface area contributed by atoms with Crippen LogP contribution in [0.5, 0.6) is 5.75 Å². The van der Waals surface area contributed by atoms with E-state index >= 15 is 0 Å². The Morgan fingerprint density at radius 2 is 1.67 bits per heavy atom. The Hall–Kier alpha value is -3.03. The molecule has 0 unspecified atom stereocenters. The molecule has 0 spiro atoms. The molecule has 0 saturated heterocycles. The molecule has 4 rings (SSSR count). The van der Waals surface area contributed by atoms with E-state index in [9.17, 15) is 13.2 Å². The average molecular weight is 527 g/mol. The number of halogens is 1. The SMILES string of the molecule is CCOc1ccc(N(CC(=O)N[C@H](C)c2ccc3c(c2)CCCC3)S(=O)(=O)c2ccc(Cl)cc2)cc1. The predicted molar refractivity (Wildman–Crippen MR) is 143 cm³/mol. The number of nitrogens with zero attached hydrogens (tertiary/aromatic N) is 1. The summed E-state index contributed by atoms with van der Waals surface area (Å²) in [5.41, 5.74) is 4.09. The van der Waals surface area contributed by atoms with E-state index < -0.39 is 15.9 Å². The fourth-order valence-corrected chi connectivity index (χ4v) is 5.99. The van der Waals surface area contributed by atoms with E-state index in [2.05, 4.69) is 17.4 Å². The van der Waals surface area contributed by atoms with E-state index in [-0.39, 0.29) is 17.5 Å². The normalized spacial score (nSPS) is 14.0. The largest absolute Gasteiger partial charge is 0.494 e. The number of aryl methyl sites for hydroxylation is 2. The summed E-state index contributed by atoms with van der Waals surface area (Å²) < 4.78 is 33.8. The van der Waals surface area contributed by atoms with Crippen LogP contribution in [0.1, 0.15) is 49.4 Å². The summed E-state index contributed by atoms with van der Waals surface area (Å²) in [7, 11) is -4.03. The number of amides is 1. The van der Waals surface area contributed by atoms with Crippen LogP contribution >= 0.6 is 11.6 Å². The summed E-state index contributed by atoms with van der Waals surface area (Å²) in [6.45, 7) is 3.92. The number of rotatable bonds is 9. The van der Waals surface area contributed by atoms with E-state index in [0.29, 0.717) is 23.1 Å². The first-order chi connectivity index (χ1) is 17.3. The fourth-order valence-electron chi connectivity index (χ4n) is 4.45. The molecule has 0 saturated carbocycles. The monoisotopic (exact) mass is 526 g/mol. The van der Waals surface area contributed by atoms with Gasteiger partial charge in [-0.2, -0.15) is 0 Å². The highest BCUT2D eigenvalue weighted by atomic mass is 35.5. The van der Waals surface area contributed by atoms with Gasteiger partial charge >= 0.3 is 0 Å². The molecular weight excluding hydrogens is 496 g/mol. The van der Waals surface area contributed by atoms with Crippen molar-refractivity contribution >= 4 is 33.2 Å². The van der Waals surface area contributed by atoms with Crippen molar-refractivity contribution in [1.29, 1.82) is 0 Å². The second-order valence-electron chi connectivity index (χ2n) is 8.92. The summed E-state index contributed by atoms with van der Waals surface area (Å²) in [5.74, 6) is 0.224. The van der Waals surface area contributed by atoms with Crippen molar-refractivity contribution in [3.8, 4) is 5.75 Å². The molecule has 190 valence electrons. The maximum atomic E-state index is 13.6. The second kappa shape index (κ2) is 11.4. The Labute approximate surface area is 218 Å². The van der Waals surface area contributed by atoms with Gasteiger partial charge in [-0.1, -0.05) is 29.8 Å². The van der Waals surface area contributed by atoms with E-state index in [1.165, 1.54) is 48.2 Å². The van der Waals surface area contributed by atoms with Crippen LogP contribution in [0.15, 0.2) is 71.6 Å². The lowest BCUT2D eigenvalue weighted by molar-refractivity contribution is -0.120. The van der Waals surface area contributed by atoms with Crippen molar-refractivity contribution in [2.24, 2.45) is 0 Å². The first-order valence-electron chi connectivity index (χ1n) is 12.2. The highest BCUT2D eigenvalue weighted by Crippen LogP contribution is 2.28. The third kappa shape index (κ3) is 6.02. The number of carbonyl (C=O) groups is 1. The average Bonchev–Trinajstić information content (AvgIpc) is 2.88. The third-order valence-corrected chi connectivity index (χ3v) is 8.41. The van der Waals surface area contributed by atoms with Crippen LogP contribution in [0.3, 0.4) is 0 Å². The minimum Gasteiger partial charge on any atom is -0.494 e. The zero-order valence-corrected chi connectivity index (χ0v) is 22.1. The topological polar surface area (TPSA) is 75.7 Å². The molecule has 1 aliphatic carbocycles. The van der Waals surface area contributed by atoms with Gasteiger partial charge in [0.25, 0.3) is 10.0 Å². The van der Waals surface area contributed by atoms with Crippen molar-refractivity contribution in [3.05, 3.63) is 88.4 Å². The van der Waals surface area contributed by atoms with Crippen LogP contribution in [-0.4, -0.2) is 27.5 Å². The molecule has 36 heavy (non-hydrogen) atoms. The summed E-state index contributed by atoms with van der Waals surface area (Å²) in [6, 6.07) is 18.7. The van der Waals surface area contributed by atoms with Crippen LogP contribution < -0.4 is 14.4 Å². The Bertz CT molecular complexity index is 1310. The molecular formula is C28H31ClN2O4S. The smallest absolute Gasteiger partial charge is 0.264 e. The Balaban J connectivity index is 1.57. The van der Waals surface area contributed by atoms with Crippen molar-refractivity contribution in [1.82, 2.24) is 5.32 Å². The number of ether oxygens (including phenoxy) is 1.